The van der Waals surface area contributed by atoms with Crippen LogP contribution in [-0.4, -0.2) is 9.97 Å². The van der Waals surface area contributed by atoms with Crippen LogP contribution in [0.1, 0.15) is 48.6 Å². The van der Waals surface area contributed by atoms with Crippen LogP contribution in [0, 0.1) is 0 Å². The number of fused-ring (bicyclic) bond motifs is 9. The van der Waals surface area contributed by atoms with E-state index in [0.29, 0.717) is 5.82 Å². The van der Waals surface area contributed by atoms with Gasteiger partial charge in [0.2, 0.25) is 0 Å². The molecule has 0 aliphatic heterocycles. The second-order valence-electron chi connectivity index (χ2n) is 17.4. The Morgan fingerprint density at radius 2 is 0.918 bits per heavy atom. The first-order chi connectivity index (χ1) is 29.9. The number of hydrogen-bond donors (Lipinski definition) is 0. The van der Waals surface area contributed by atoms with Crippen LogP contribution in [0.3, 0.4) is 0 Å². The summed E-state index contributed by atoms with van der Waals surface area (Å²) in [4.78, 5) is 10.9. The van der Waals surface area contributed by atoms with Gasteiger partial charge in [0.15, 0.2) is 5.82 Å². The maximum atomic E-state index is 5.55. The third-order valence-corrected chi connectivity index (χ3v) is 13.8. The van der Waals surface area contributed by atoms with Crippen molar-refractivity contribution in [1.82, 2.24) is 9.97 Å². The van der Waals surface area contributed by atoms with Crippen LogP contribution >= 0.6 is 0 Å². The Balaban J connectivity index is 1.07. The molecule has 2 aliphatic carbocycles. The number of benzene rings is 9. The summed E-state index contributed by atoms with van der Waals surface area (Å²) in [7, 11) is 0. The monoisotopic (exact) mass is 778 g/mol. The lowest BCUT2D eigenvalue weighted by Gasteiger charge is -2.28. The van der Waals surface area contributed by atoms with Crippen LogP contribution in [0.4, 0.5) is 0 Å². The lowest BCUT2D eigenvalue weighted by molar-refractivity contribution is 0.666. The highest BCUT2D eigenvalue weighted by Gasteiger charge is 2.42. The lowest BCUT2D eigenvalue weighted by atomic mass is 9.74. The molecule has 1 unspecified atom stereocenters. The smallest absolute Gasteiger partial charge is 0.161 e. The van der Waals surface area contributed by atoms with Crippen LogP contribution in [0.5, 0.6) is 0 Å². The predicted molar refractivity (Wildman–Crippen MR) is 254 cm³/mol. The van der Waals surface area contributed by atoms with Crippen LogP contribution < -0.4 is 0 Å². The Hall–Kier alpha value is -7.42. The Labute approximate surface area is 356 Å². The van der Waals surface area contributed by atoms with Gasteiger partial charge in [-0.25, -0.2) is 9.97 Å². The fourth-order valence-electron chi connectivity index (χ4n) is 10.9. The van der Waals surface area contributed by atoms with Gasteiger partial charge in [0, 0.05) is 27.5 Å². The molecule has 0 saturated heterocycles. The molecule has 9 aromatic carbocycles. The van der Waals surface area contributed by atoms with E-state index in [1.807, 2.05) is 0 Å². The van der Waals surface area contributed by atoms with E-state index in [9.17, 15) is 0 Å². The first-order valence-electron chi connectivity index (χ1n) is 21.3. The maximum absolute atomic E-state index is 5.55. The van der Waals surface area contributed by atoms with Crippen molar-refractivity contribution in [2.75, 3.05) is 0 Å². The summed E-state index contributed by atoms with van der Waals surface area (Å²) in [6, 6.07) is 73.0. The average molecular weight is 779 g/mol. The fourth-order valence-corrected chi connectivity index (χ4v) is 10.9. The Bertz CT molecular complexity index is 3400. The van der Waals surface area contributed by atoms with Crippen molar-refractivity contribution in [2.45, 2.75) is 31.6 Å². The summed E-state index contributed by atoms with van der Waals surface area (Å²) in [5, 5.41) is 4.93. The molecule has 1 aromatic heterocycles. The molecule has 12 rings (SSSR count). The number of hydrogen-bond acceptors (Lipinski definition) is 2. The number of rotatable bonds is 5. The van der Waals surface area contributed by atoms with Crippen molar-refractivity contribution in [3.05, 3.63) is 228 Å². The van der Waals surface area contributed by atoms with Crippen molar-refractivity contribution >= 4 is 21.5 Å². The molecule has 0 fully saturated rings. The fraction of sp³-hybridized carbons (Fsp3) is 0.0847. The molecular formula is C59H42N2. The highest BCUT2D eigenvalue weighted by molar-refractivity contribution is 6.09. The number of aromatic nitrogens is 2. The average Bonchev–Trinajstić information content (AvgIpc) is 3.73. The highest BCUT2D eigenvalue weighted by atomic mass is 14.9. The molecule has 288 valence electrons. The van der Waals surface area contributed by atoms with Crippen molar-refractivity contribution in [3.63, 3.8) is 0 Å². The van der Waals surface area contributed by atoms with E-state index in [0.717, 1.165) is 33.5 Å². The van der Waals surface area contributed by atoms with Gasteiger partial charge < -0.3 is 0 Å². The summed E-state index contributed by atoms with van der Waals surface area (Å²) in [6.45, 7) is 7.13. The van der Waals surface area contributed by atoms with E-state index in [4.69, 9.17) is 9.97 Å². The molecule has 61 heavy (non-hydrogen) atoms. The van der Waals surface area contributed by atoms with Gasteiger partial charge in [0.25, 0.3) is 0 Å². The molecule has 0 amide bonds. The minimum atomic E-state index is -0.312. The minimum absolute atomic E-state index is 0.143. The van der Waals surface area contributed by atoms with Crippen molar-refractivity contribution in [1.29, 1.82) is 0 Å². The molecule has 10 aromatic rings. The third-order valence-electron chi connectivity index (χ3n) is 13.8. The second-order valence-corrected chi connectivity index (χ2v) is 17.4. The standard InChI is InChI=1S/C59H42N2/c1-58(2)50-30-16-27-44(54(50)48-33-32-37-18-10-11-23-40(37)56(48)58)43-34-35-45(42-25-13-12-24-41(42)43)57-60-52(38-19-6-4-7-20-38)36-53(61-57)47-28-17-31-51-55(47)46-26-14-15-29-49(46)59(51,3)39-21-8-5-9-22-39/h4-36H,1-3H3. The Kier molecular flexibility index (Phi) is 7.74. The van der Waals surface area contributed by atoms with Gasteiger partial charge in [-0.3, -0.25) is 0 Å². The van der Waals surface area contributed by atoms with Gasteiger partial charge in [-0.1, -0.05) is 202 Å². The van der Waals surface area contributed by atoms with Gasteiger partial charge in [-0.15, -0.1) is 0 Å². The van der Waals surface area contributed by atoms with Crippen molar-refractivity contribution in [3.8, 4) is 67.3 Å². The van der Waals surface area contributed by atoms with Gasteiger partial charge in [0.05, 0.1) is 11.4 Å². The van der Waals surface area contributed by atoms with Crippen LogP contribution in [0.2, 0.25) is 0 Å². The molecule has 2 heteroatoms. The highest BCUT2D eigenvalue weighted by Crippen LogP contribution is 2.56. The molecule has 0 spiro atoms. The normalized spacial score (nSPS) is 15.7. The zero-order chi connectivity index (χ0) is 40.9. The van der Waals surface area contributed by atoms with Gasteiger partial charge in [0.1, 0.15) is 0 Å². The first kappa shape index (κ1) is 35.5. The van der Waals surface area contributed by atoms with E-state index in [-0.39, 0.29) is 10.8 Å². The molecular weight excluding hydrogens is 737 g/mol. The van der Waals surface area contributed by atoms with E-state index in [2.05, 4.69) is 221 Å². The lowest BCUT2D eigenvalue weighted by Crippen LogP contribution is -2.22. The molecule has 2 nitrogen and oxygen atoms in total. The largest absolute Gasteiger partial charge is 0.228 e. The van der Waals surface area contributed by atoms with Gasteiger partial charge in [-0.2, -0.15) is 0 Å². The minimum Gasteiger partial charge on any atom is -0.228 e. The topological polar surface area (TPSA) is 25.8 Å². The third kappa shape index (κ3) is 5.15. The quantitative estimate of drug-likeness (QED) is 0.174. The summed E-state index contributed by atoms with van der Waals surface area (Å²) in [5.74, 6) is 0.713. The second kappa shape index (κ2) is 13.3. The summed E-state index contributed by atoms with van der Waals surface area (Å²) >= 11 is 0. The van der Waals surface area contributed by atoms with E-state index >= 15 is 0 Å². The van der Waals surface area contributed by atoms with Crippen molar-refractivity contribution < 1.29 is 0 Å². The van der Waals surface area contributed by atoms with Gasteiger partial charge >= 0.3 is 0 Å². The first-order valence-corrected chi connectivity index (χ1v) is 21.3. The SMILES string of the molecule is CC1(C)c2cccc(-c3ccc(-c4nc(-c5ccccc5)cc(-c5cccc6c5-c5ccccc5C6(C)c5ccccc5)n4)c4ccccc34)c2-c2ccc3ccccc3c21. The van der Waals surface area contributed by atoms with Crippen molar-refractivity contribution in [2.24, 2.45) is 0 Å². The maximum Gasteiger partial charge on any atom is 0.161 e. The summed E-state index contributed by atoms with van der Waals surface area (Å²) < 4.78 is 0. The zero-order valence-electron chi connectivity index (χ0n) is 34.4. The summed E-state index contributed by atoms with van der Waals surface area (Å²) in [6.07, 6.45) is 0. The molecule has 0 saturated carbocycles. The van der Waals surface area contributed by atoms with E-state index < -0.39 is 0 Å². The van der Waals surface area contributed by atoms with E-state index in [1.54, 1.807) is 0 Å². The molecule has 0 bridgehead atoms. The molecule has 0 N–H and O–H groups in total. The molecule has 2 aliphatic rings. The molecule has 1 heterocycles. The van der Waals surface area contributed by atoms with Gasteiger partial charge in [-0.05, 0) is 102 Å². The number of nitrogens with zero attached hydrogens (tertiary/aromatic N) is 2. The van der Waals surface area contributed by atoms with Crippen LogP contribution in [-0.2, 0) is 10.8 Å². The molecule has 0 radical (unpaired) electrons. The Morgan fingerprint density at radius 1 is 0.361 bits per heavy atom. The predicted octanol–water partition coefficient (Wildman–Crippen LogP) is 15.1. The zero-order valence-corrected chi connectivity index (χ0v) is 34.4. The Morgan fingerprint density at radius 3 is 1.72 bits per heavy atom. The van der Waals surface area contributed by atoms with Crippen LogP contribution in [0.25, 0.3) is 88.8 Å². The van der Waals surface area contributed by atoms with Crippen LogP contribution in [0.15, 0.2) is 200 Å². The molecule has 1 atom stereocenters. The van der Waals surface area contributed by atoms with E-state index in [1.165, 1.54) is 77.4 Å². The summed E-state index contributed by atoms with van der Waals surface area (Å²) in [5.41, 5.74) is 18.8.